The van der Waals surface area contributed by atoms with Crippen molar-refractivity contribution in [1.82, 2.24) is 4.72 Å². The van der Waals surface area contributed by atoms with Crippen molar-refractivity contribution in [3.8, 4) is 0 Å². The maximum absolute atomic E-state index is 12.5. The minimum absolute atomic E-state index is 0.0570. The van der Waals surface area contributed by atoms with Gasteiger partial charge in [-0.1, -0.05) is 48.0 Å². The molecule has 5 nitrogen and oxygen atoms in total. The van der Waals surface area contributed by atoms with Gasteiger partial charge in [0.05, 0.1) is 16.9 Å². The van der Waals surface area contributed by atoms with E-state index in [0.29, 0.717) is 6.42 Å². The van der Waals surface area contributed by atoms with Gasteiger partial charge >= 0.3 is 5.97 Å². The van der Waals surface area contributed by atoms with Gasteiger partial charge in [0.1, 0.15) is 6.61 Å². The number of ether oxygens (including phenoxy) is 1. The van der Waals surface area contributed by atoms with E-state index in [9.17, 15) is 13.2 Å². The number of benzene rings is 2. The van der Waals surface area contributed by atoms with Crippen LogP contribution >= 0.6 is 0 Å². The predicted octanol–water partition coefficient (Wildman–Crippen LogP) is 2.06. The van der Waals surface area contributed by atoms with E-state index in [-0.39, 0.29) is 17.5 Å². The minimum Gasteiger partial charge on any atom is -0.464 e. The third kappa shape index (κ3) is 3.66. The van der Waals surface area contributed by atoms with Gasteiger partial charge in [-0.25, -0.2) is 13.1 Å². The van der Waals surface area contributed by atoms with E-state index in [2.05, 4.69) is 4.72 Å². The third-order valence-electron chi connectivity index (χ3n) is 4.13. The Hall–Kier alpha value is -2.18. The van der Waals surface area contributed by atoms with Gasteiger partial charge in [0.15, 0.2) is 0 Å². The zero-order chi connectivity index (χ0) is 17.2. The molecule has 2 aromatic rings. The number of hydrogen-bond acceptors (Lipinski definition) is 4. The molecule has 2 unspecified atom stereocenters. The van der Waals surface area contributed by atoms with Gasteiger partial charge < -0.3 is 4.74 Å². The average molecular weight is 345 g/mol. The van der Waals surface area contributed by atoms with Gasteiger partial charge in [0, 0.05) is 0 Å². The maximum Gasteiger partial charge on any atom is 0.311 e. The molecule has 1 aliphatic heterocycles. The van der Waals surface area contributed by atoms with Crippen LogP contribution in [0.4, 0.5) is 0 Å². The fraction of sp³-hybridized carbons (Fsp3) is 0.278. The second-order valence-electron chi connectivity index (χ2n) is 5.97. The minimum atomic E-state index is -3.69. The summed E-state index contributed by atoms with van der Waals surface area (Å²) in [5.41, 5.74) is 1.95. The smallest absolute Gasteiger partial charge is 0.311 e. The van der Waals surface area contributed by atoms with E-state index >= 15 is 0 Å². The molecule has 2 aromatic carbocycles. The molecule has 1 N–H and O–H groups in total. The van der Waals surface area contributed by atoms with E-state index in [0.717, 1.165) is 11.1 Å². The first-order valence-corrected chi connectivity index (χ1v) is 9.23. The van der Waals surface area contributed by atoms with E-state index in [1.807, 2.05) is 37.3 Å². The zero-order valence-electron chi connectivity index (χ0n) is 13.3. The second-order valence-corrected chi connectivity index (χ2v) is 7.68. The summed E-state index contributed by atoms with van der Waals surface area (Å²) in [4.78, 5) is 12.2. The number of sulfonamides is 1. The summed E-state index contributed by atoms with van der Waals surface area (Å²) in [5, 5.41) is 0. The third-order valence-corrected chi connectivity index (χ3v) is 5.64. The van der Waals surface area contributed by atoms with Crippen LogP contribution in [0.5, 0.6) is 0 Å². The summed E-state index contributed by atoms with van der Waals surface area (Å²) in [7, 11) is -3.69. The molecule has 0 amide bonds. The summed E-state index contributed by atoms with van der Waals surface area (Å²) < 4.78 is 32.8. The van der Waals surface area contributed by atoms with Crippen LogP contribution in [0.3, 0.4) is 0 Å². The normalized spacial score (nSPS) is 20.8. The second kappa shape index (κ2) is 6.75. The Morgan fingerprint density at radius 3 is 2.42 bits per heavy atom. The SMILES string of the molecule is Cc1ccc(S(=O)(=O)NC2COC(=O)C2Cc2ccccc2)cc1. The Balaban J connectivity index is 1.77. The van der Waals surface area contributed by atoms with Crippen LogP contribution in [-0.4, -0.2) is 27.0 Å². The molecule has 0 saturated carbocycles. The summed E-state index contributed by atoms with van der Waals surface area (Å²) in [6.45, 7) is 1.95. The molecule has 24 heavy (non-hydrogen) atoms. The fourth-order valence-corrected chi connectivity index (χ4v) is 4.02. The lowest BCUT2D eigenvalue weighted by Gasteiger charge is -2.17. The highest BCUT2D eigenvalue weighted by Crippen LogP contribution is 2.22. The van der Waals surface area contributed by atoms with Crippen LogP contribution in [0.1, 0.15) is 11.1 Å². The standard InChI is InChI=1S/C18H19NO4S/c1-13-7-9-15(10-8-13)24(21,22)19-17-12-23-18(20)16(17)11-14-5-3-2-4-6-14/h2-10,16-17,19H,11-12H2,1H3. The van der Waals surface area contributed by atoms with Gasteiger partial charge in [0.2, 0.25) is 10.0 Å². The van der Waals surface area contributed by atoms with Crippen molar-refractivity contribution in [3.63, 3.8) is 0 Å². The number of aryl methyl sites for hydroxylation is 1. The highest BCUT2D eigenvalue weighted by atomic mass is 32.2. The van der Waals surface area contributed by atoms with E-state index < -0.39 is 22.0 Å². The Morgan fingerprint density at radius 2 is 1.75 bits per heavy atom. The van der Waals surface area contributed by atoms with Crippen molar-refractivity contribution >= 4 is 16.0 Å². The highest BCUT2D eigenvalue weighted by molar-refractivity contribution is 7.89. The molecule has 0 aliphatic carbocycles. The van der Waals surface area contributed by atoms with Crippen molar-refractivity contribution in [1.29, 1.82) is 0 Å². The molecule has 1 heterocycles. The molecule has 0 aromatic heterocycles. The first kappa shape index (κ1) is 16.7. The van der Waals surface area contributed by atoms with E-state index in [4.69, 9.17) is 4.74 Å². The predicted molar refractivity (Wildman–Crippen MR) is 89.9 cm³/mol. The number of nitrogens with one attached hydrogen (secondary N) is 1. The van der Waals surface area contributed by atoms with Crippen LogP contribution in [0, 0.1) is 12.8 Å². The molecule has 6 heteroatoms. The highest BCUT2D eigenvalue weighted by Gasteiger charge is 2.39. The molecule has 0 bridgehead atoms. The van der Waals surface area contributed by atoms with Gasteiger partial charge in [-0.05, 0) is 31.0 Å². The van der Waals surface area contributed by atoms with Crippen molar-refractivity contribution in [3.05, 3.63) is 65.7 Å². The monoisotopic (exact) mass is 345 g/mol. The van der Waals surface area contributed by atoms with Crippen LogP contribution in [0.25, 0.3) is 0 Å². The van der Waals surface area contributed by atoms with Crippen molar-refractivity contribution in [2.45, 2.75) is 24.3 Å². The molecule has 2 atom stereocenters. The molecular formula is C18H19NO4S. The number of cyclic esters (lactones) is 1. The number of esters is 1. The molecular weight excluding hydrogens is 326 g/mol. The van der Waals surface area contributed by atoms with Gasteiger partial charge in [-0.15, -0.1) is 0 Å². The number of carbonyl (C=O) groups excluding carboxylic acids is 1. The molecule has 1 fully saturated rings. The zero-order valence-corrected chi connectivity index (χ0v) is 14.1. The molecule has 0 radical (unpaired) electrons. The van der Waals surface area contributed by atoms with Gasteiger partial charge in [0.25, 0.3) is 0 Å². The average Bonchev–Trinajstić information content (AvgIpc) is 2.89. The Labute approximate surface area is 141 Å². The van der Waals surface area contributed by atoms with Crippen LogP contribution in [-0.2, 0) is 26.0 Å². The summed E-state index contributed by atoms with van der Waals surface area (Å²) in [5.74, 6) is -0.886. The quantitative estimate of drug-likeness (QED) is 0.842. The molecule has 0 spiro atoms. The lowest BCUT2D eigenvalue weighted by molar-refractivity contribution is -0.141. The van der Waals surface area contributed by atoms with Gasteiger partial charge in [-0.2, -0.15) is 0 Å². The first-order valence-electron chi connectivity index (χ1n) is 7.75. The van der Waals surface area contributed by atoms with E-state index in [1.165, 1.54) is 0 Å². The lowest BCUT2D eigenvalue weighted by atomic mass is 9.95. The summed E-state index contributed by atoms with van der Waals surface area (Å²) >= 11 is 0. The van der Waals surface area contributed by atoms with Gasteiger partial charge in [-0.3, -0.25) is 4.79 Å². The molecule has 1 aliphatic rings. The summed E-state index contributed by atoms with van der Waals surface area (Å²) in [6, 6.07) is 15.5. The Bertz CT molecular complexity index is 816. The summed E-state index contributed by atoms with van der Waals surface area (Å²) in [6.07, 6.45) is 0.445. The van der Waals surface area contributed by atoms with Crippen molar-refractivity contribution in [2.24, 2.45) is 5.92 Å². The van der Waals surface area contributed by atoms with E-state index in [1.54, 1.807) is 24.3 Å². The fourth-order valence-electron chi connectivity index (χ4n) is 2.75. The number of hydrogen-bond donors (Lipinski definition) is 1. The molecule has 1 saturated heterocycles. The van der Waals surface area contributed by atoms with Crippen LogP contribution in [0.2, 0.25) is 0 Å². The lowest BCUT2D eigenvalue weighted by Crippen LogP contribution is -2.41. The maximum atomic E-state index is 12.5. The number of carbonyl (C=O) groups is 1. The van der Waals surface area contributed by atoms with Crippen LogP contribution in [0.15, 0.2) is 59.5 Å². The van der Waals surface area contributed by atoms with Crippen molar-refractivity contribution in [2.75, 3.05) is 6.61 Å². The first-order chi connectivity index (χ1) is 11.5. The van der Waals surface area contributed by atoms with Crippen molar-refractivity contribution < 1.29 is 17.9 Å². The topological polar surface area (TPSA) is 72.5 Å². The van der Waals surface area contributed by atoms with Crippen LogP contribution < -0.4 is 4.72 Å². The number of rotatable bonds is 5. The molecule has 126 valence electrons. The Kier molecular flexibility index (Phi) is 4.69. The molecule has 3 rings (SSSR count). The largest absolute Gasteiger partial charge is 0.464 e. The Morgan fingerprint density at radius 1 is 1.08 bits per heavy atom.